The van der Waals surface area contributed by atoms with E-state index >= 15 is 0 Å². The lowest BCUT2D eigenvalue weighted by Crippen LogP contribution is -2.41. The molecule has 5 N–H and O–H groups in total. The van der Waals surface area contributed by atoms with Gasteiger partial charge in [-0.25, -0.2) is 19.2 Å². The summed E-state index contributed by atoms with van der Waals surface area (Å²) in [6.45, 7) is 16.2. The van der Waals surface area contributed by atoms with E-state index in [1.54, 1.807) is 39.0 Å². The number of esters is 4. The summed E-state index contributed by atoms with van der Waals surface area (Å²) in [7, 11) is 1.96. The van der Waals surface area contributed by atoms with Gasteiger partial charge < -0.3 is 49.4 Å². The molecule has 0 aromatic heterocycles. The minimum atomic E-state index is -1.40. The lowest BCUT2D eigenvalue weighted by atomic mass is 9.92. The first-order valence-corrected chi connectivity index (χ1v) is 23.5. The summed E-state index contributed by atoms with van der Waals surface area (Å²) in [5.74, 6) is -4.02. The zero-order chi connectivity index (χ0) is 53.1. The van der Waals surface area contributed by atoms with Crippen LogP contribution in [0.3, 0.4) is 0 Å². The van der Waals surface area contributed by atoms with E-state index in [4.69, 9.17) is 29.1 Å². The maximum absolute atomic E-state index is 14.2. The lowest BCUT2D eigenvalue weighted by Gasteiger charge is -2.33. The smallest absolute Gasteiger partial charge is 0.339 e. The molecule has 0 bridgehead atoms. The van der Waals surface area contributed by atoms with Crippen LogP contribution in [0.1, 0.15) is 119 Å². The number of nitrogens with zero attached hydrogens (tertiary/aromatic N) is 1. The molecular weight excluding hydrogens is 925 g/mol. The Morgan fingerprint density at radius 1 is 0.694 bits per heavy atom. The summed E-state index contributed by atoms with van der Waals surface area (Å²) in [4.78, 5) is 79.5. The third-order valence-electron chi connectivity index (χ3n) is 11.3. The molecule has 0 aliphatic carbocycles. The van der Waals surface area contributed by atoms with Crippen LogP contribution in [0, 0.1) is 11.3 Å². The topological polar surface area (TPSA) is 240 Å². The average Bonchev–Trinajstić information content (AvgIpc) is 3.36. The molecule has 0 spiro atoms. The van der Waals surface area contributed by atoms with Gasteiger partial charge in [-0.2, -0.15) is 0 Å². The molecule has 384 valence electrons. The van der Waals surface area contributed by atoms with Crippen LogP contribution in [0.2, 0.25) is 0 Å². The molecule has 3 unspecified atom stereocenters. The van der Waals surface area contributed by atoms with Gasteiger partial charge in [0.2, 0.25) is 0 Å². The molecule has 4 aromatic rings. The molecule has 0 aliphatic heterocycles. The number of aliphatic hydroxyl groups excluding tert-OH is 2. The Balaban J connectivity index is 1.62. The second kappa shape index (κ2) is 27.1. The van der Waals surface area contributed by atoms with Crippen molar-refractivity contribution in [2.24, 2.45) is 5.92 Å². The largest absolute Gasteiger partial charge is 0.460 e. The Labute approximate surface area is 420 Å². The van der Waals surface area contributed by atoms with E-state index < -0.39 is 79.9 Å². The number of hydrogen-bond acceptors (Lipinski definition) is 14. The highest BCUT2D eigenvalue weighted by atomic mass is 16.6. The minimum absolute atomic E-state index is 0.00450. The number of hydrogen-bond donors (Lipinski definition) is 5. The van der Waals surface area contributed by atoms with Crippen LogP contribution in [0.25, 0.3) is 0 Å². The van der Waals surface area contributed by atoms with Gasteiger partial charge in [0.25, 0.3) is 11.8 Å². The number of amidine groups is 1. The Morgan fingerprint density at radius 2 is 1.24 bits per heavy atom. The van der Waals surface area contributed by atoms with Gasteiger partial charge in [0.15, 0.2) is 0 Å². The third kappa shape index (κ3) is 17.3. The van der Waals surface area contributed by atoms with Gasteiger partial charge in [-0.05, 0) is 106 Å². The molecule has 17 nitrogen and oxygen atoms in total. The third-order valence-corrected chi connectivity index (χ3v) is 11.3. The van der Waals surface area contributed by atoms with Crippen LogP contribution < -0.4 is 15.4 Å². The maximum Gasteiger partial charge on any atom is 0.339 e. The van der Waals surface area contributed by atoms with Crippen LogP contribution in [0.4, 0.5) is 5.69 Å². The highest BCUT2D eigenvalue weighted by Crippen LogP contribution is 2.29. The standard InChI is InChI=1S/C55H66N4O13/c1-10-15-37(11-2)34(5)59(9)50(56)38-20-18-35(19-21-38)26-36-16-14-17-39(27-36)57-51(64)46-28-42(23-25-45(46)53(66)70-32-40(60)30-68-48(62)12-3)72-43-22-24-44(52(65)58-55(6,7)8)47(29-43)54(67)71-33-41(61)31-69-49(63)13-4/h12-14,16-25,27-29,34,37,40-41,56,60-61H,3-4,10-11,15,26,30-33H2,1-2,5-9H3,(H,57,64)(H,58,65)/t34-,37?,40?,41?/m0/s1. The minimum Gasteiger partial charge on any atom is -0.460 e. The first-order valence-electron chi connectivity index (χ1n) is 23.5. The van der Waals surface area contributed by atoms with Crippen molar-refractivity contribution in [1.29, 1.82) is 5.41 Å². The number of carbonyl (C=O) groups is 6. The fourth-order valence-corrected chi connectivity index (χ4v) is 7.37. The lowest BCUT2D eigenvalue weighted by molar-refractivity contribution is -0.142. The summed E-state index contributed by atoms with van der Waals surface area (Å²) < 4.78 is 26.3. The Hall–Kier alpha value is -7.63. The van der Waals surface area contributed by atoms with Gasteiger partial charge in [0.05, 0.1) is 22.3 Å². The molecule has 0 saturated heterocycles. The molecule has 0 saturated carbocycles. The highest BCUT2D eigenvalue weighted by Gasteiger charge is 2.26. The zero-order valence-electron chi connectivity index (χ0n) is 42.0. The van der Waals surface area contributed by atoms with Gasteiger partial charge in [-0.15, -0.1) is 0 Å². The molecule has 2 amide bonds. The number of rotatable bonds is 25. The summed E-state index contributed by atoms with van der Waals surface area (Å²) in [6, 6.07) is 23.0. The van der Waals surface area contributed by atoms with Gasteiger partial charge in [0, 0.05) is 42.0 Å². The van der Waals surface area contributed by atoms with E-state index in [0.29, 0.717) is 23.9 Å². The van der Waals surface area contributed by atoms with Crippen LogP contribution in [-0.4, -0.2) is 114 Å². The molecule has 72 heavy (non-hydrogen) atoms. The SMILES string of the molecule is C=CC(=O)OCC(O)COC(=O)c1ccc(Oc2ccc(C(=O)NC(C)(C)C)c(C(=O)OCC(O)COC(=O)C=C)c2)cc1C(=O)Nc1cccc(Cc2ccc(C(=N)N(C)[C@@H](C)C(CC)CCC)cc2)c1. The second-order valence-corrected chi connectivity index (χ2v) is 18.1. The fourth-order valence-electron chi connectivity index (χ4n) is 7.37. The van der Waals surface area contributed by atoms with Crippen molar-refractivity contribution in [2.75, 3.05) is 38.8 Å². The summed E-state index contributed by atoms with van der Waals surface area (Å²) in [6.07, 6.45) is 2.75. The van der Waals surface area contributed by atoms with Crippen molar-refractivity contribution >= 4 is 47.2 Å². The van der Waals surface area contributed by atoms with Crippen LogP contribution in [0.15, 0.2) is 110 Å². The number of benzene rings is 4. The fraction of sp³-hybridized carbons (Fsp3) is 0.364. The zero-order valence-corrected chi connectivity index (χ0v) is 42.0. The summed E-state index contributed by atoms with van der Waals surface area (Å²) >= 11 is 0. The first kappa shape index (κ1) is 57.0. The van der Waals surface area contributed by atoms with Gasteiger partial charge >= 0.3 is 23.9 Å². The number of amides is 2. The summed E-state index contributed by atoms with van der Waals surface area (Å²) in [5, 5.41) is 35.1. The average molecular weight is 991 g/mol. The molecule has 4 aromatic carbocycles. The Kier molecular flexibility index (Phi) is 21.4. The van der Waals surface area contributed by atoms with Crippen molar-refractivity contribution in [2.45, 2.75) is 91.0 Å². The number of nitrogens with one attached hydrogen (secondary N) is 3. The van der Waals surface area contributed by atoms with Crippen molar-refractivity contribution in [3.05, 3.63) is 149 Å². The predicted octanol–water partition coefficient (Wildman–Crippen LogP) is 7.82. The van der Waals surface area contributed by atoms with Gasteiger partial charge in [-0.3, -0.25) is 15.0 Å². The van der Waals surface area contributed by atoms with Crippen molar-refractivity contribution in [1.82, 2.24) is 10.2 Å². The number of anilines is 1. The highest BCUT2D eigenvalue weighted by molar-refractivity contribution is 6.11. The molecule has 0 fully saturated rings. The predicted molar refractivity (Wildman–Crippen MR) is 271 cm³/mol. The van der Waals surface area contributed by atoms with Gasteiger partial charge in [-0.1, -0.05) is 76.2 Å². The van der Waals surface area contributed by atoms with Crippen molar-refractivity contribution in [3.63, 3.8) is 0 Å². The maximum atomic E-state index is 14.2. The number of ether oxygens (including phenoxy) is 5. The van der Waals surface area contributed by atoms with Gasteiger partial charge in [0.1, 0.15) is 56.0 Å². The quantitative estimate of drug-likeness (QED) is 0.0140. The van der Waals surface area contributed by atoms with Crippen LogP contribution >= 0.6 is 0 Å². The van der Waals surface area contributed by atoms with Crippen LogP contribution in [0.5, 0.6) is 11.5 Å². The molecule has 4 rings (SSSR count). The first-order chi connectivity index (χ1) is 34.2. The van der Waals surface area contributed by atoms with Crippen LogP contribution in [-0.2, 0) is 35.0 Å². The molecule has 0 radical (unpaired) electrons. The molecule has 0 heterocycles. The molecule has 4 atom stereocenters. The van der Waals surface area contributed by atoms with E-state index in [-0.39, 0.29) is 39.8 Å². The number of aliphatic hydroxyl groups is 2. The molecule has 17 heteroatoms. The van der Waals surface area contributed by atoms with E-state index in [2.05, 4.69) is 44.6 Å². The van der Waals surface area contributed by atoms with Crippen molar-refractivity contribution < 1.29 is 62.7 Å². The van der Waals surface area contributed by atoms with Crippen molar-refractivity contribution in [3.8, 4) is 11.5 Å². The Morgan fingerprint density at radius 3 is 1.78 bits per heavy atom. The van der Waals surface area contributed by atoms with E-state index in [1.165, 1.54) is 36.4 Å². The second-order valence-electron chi connectivity index (χ2n) is 18.1. The molecule has 0 aliphatic rings. The number of carbonyl (C=O) groups excluding carboxylic acids is 6. The molecular formula is C55H66N4O13. The summed E-state index contributed by atoms with van der Waals surface area (Å²) in [5.41, 5.74) is 1.56. The van der Waals surface area contributed by atoms with E-state index in [9.17, 15) is 39.0 Å². The Bertz CT molecular complexity index is 2590. The monoisotopic (exact) mass is 990 g/mol. The van der Waals surface area contributed by atoms with E-state index in [1.807, 2.05) is 42.3 Å². The van der Waals surface area contributed by atoms with E-state index in [0.717, 1.165) is 48.1 Å². The normalized spacial score (nSPS) is 12.7.